The maximum atomic E-state index is 4.11. The molecule has 1 aromatic rings. The number of likely N-dealkylation sites (N-methyl/N-ethyl adjacent to an activating group) is 1. The average molecular weight is 203 g/mol. The number of nitrogens with zero attached hydrogens (tertiary/aromatic N) is 1. The van der Waals surface area contributed by atoms with Crippen molar-refractivity contribution < 1.29 is 0 Å². The van der Waals surface area contributed by atoms with Crippen LogP contribution in [-0.4, -0.2) is 18.0 Å². The van der Waals surface area contributed by atoms with E-state index < -0.39 is 0 Å². The first-order chi connectivity index (χ1) is 7.20. The summed E-state index contributed by atoms with van der Waals surface area (Å²) in [4.78, 5) is 2.43. The average Bonchev–Trinajstić information content (AvgIpc) is 2.26. The molecule has 0 aliphatic carbocycles. The van der Waals surface area contributed by atoms with E-state index in [4.69, 9.17) is 0 Å². The third kappa shape index (κ3) is 2.93. The van der Waals surface area contributed by atoms with Gasteiger partial charge < -0.3 is 0 Å². The molecule has 0 spiro atoms. The molecule has 82 valence electrons. The van der Waals surface area contributed by atoms with E-state index >= 15 is 0 Å². The van der Waals surface area contributed by atoms with Crippen LogP contribution >= 0.6 is 0 Å². The van der Waals surface area contributed by atoms with Crippen molar-refractivity contribution in [3.05, 3.63) is 48.0 Å². The Bertz CT molecular complexity index is 298. The van der Waals surface area contributed by atoms with Gasteiger partial charge in [-0.2, -0.15) is 0 Å². The summed E-state index contributed by atoms with van der Waals surface area (Å²) < 4.78 is 0. The first-order valence-corrected chi connectivity index (χ1v) is 5.65. The predicted molar refractivity (Wildman–Crippen MR) is 66.9 cm³/mol. The Balaban J connectivity index is 2.97. The maximum Gasteiger partial charge on any atom is 0.0555 e. The van der Waals surface area contributed by atoms with Crippen molar-refractivity contribution in [3.63, 3.8) is 0 Å². The summed E-state index contributed by atoms with van der Waals surface area (Å²) in [5.41, 5.74) is 2.55. The zero-order valence-electron chi connectivity index (χ0n) is 10.0. The number of hydrogen-bond donors (Lipinski definition) is 0. The van der Waals surface area contributed by atoms with Gasteiger partial charge in [0.05, 0.1) is 6.04 Å². The molecule has 0 N–H and O–H groups in total. The predicted octanol–water partition coefficient (Wildman–Crippen LogP) is 3.65. The second-order valence-corrected chi connectivity index (χ2v) is 3.88. The van der Waals surface area contributed by atoms with Gasteiger partial charge in [0.25, 0.3) is 0 Å². The fraction of sp³-hybridized carbons (Fsp3) is 0.429. The van der Waals surface area contributed by atoms with E-state index in [0.717, 1.165) is 13.1 Å². The van der Waals surface area contributed by atoms with Crippen LogP contribution in [0.1, 0.15) is 32.4 Å². The summed E-state index contributed by atoms with van der Waals surface area (Å²) in [5, 5.41) is 0. The molecule has 15 heavy (non-hydrogen) atoms. The monoisotopic (exact) mass is 203 g/mol. The van der Waals surface area contributed by atoms with Crippen LogP contribution < -0.4 is 0 Å². The summed E-state index contributed by atoms with van der Waals surface area (Å²) in [6.07, 6.45) is 0. The highest BCUT2D eigenvalue weighted by atomic mass is 15.1. The molecule has 1 atom stereocenters. The van der Waals surface area contributed by atoms with E-state index in [0.29, 0.717) is 6.04 Å². The highest BCUT2D eigenvalue weighted by molar-refractivity contribution is 5.26. The van der Waals surface area contributed by atoms with Crippen LogP contribution in [0.25, 0.3) is 0 Å². The van der Waals surface area contributed by atoms with Gasteiger partial charge >= 0.3 is 0 Å². The van der Waals surface area contributed by atoms with Crippen molar-refractivity contribution in [1.82, 2.24) is 4.90 Å². The zero-order valence-corrected chi connectivity index (χ0v) is 10.0. The second-order valence-electron chi connectivity index (χ2n) is 3.88. The van der Waals surface area contributed by atoms with Crippen LogP contribution in [0.3, 0.4) is 0 Å². The SMILES string of the molecule is C=C(C)C(c1ccccc1)N(CC)CC. The van der Waals surface area contributed by atoms with Crippen LogP contribution in [-0.2, 0) is 0 Å². The van der Waals surface area contributed by atoms with E-state index in [2.05, 4.69) is 62.6 Å². The van der Waals surface area contributed by atoms with E-state index in [9.17, 15) is 0 Å². The lowest BCUT2D eigenvalue weighted by molar-refractivity contribution is 0.247. The quantitative estimate of drug-likeness (QED) is 0.660. The Labute approximate surface area is 93.4 Å². The van der Waals surface area contributed by atoms with Crippen molar-refractivity contribution in [2.75, 3.05) is 13.1 Å². The Morgan fingerprint density at radius 3 is 2.13 bits per heavy atom. The topological polar surface area (TPSA) is 3.24 Å². The van der Waals surface area contributed by atoms with Gasteiger partial charge in [-0.1, -0.05) is 56.3 Å². The molecule has 0 heterocycles. The molecule has 1 heteroatoms. The molecule has 1 aromatic carbocycles. The minimum absolute atomic E-state index is 0.362. The summed E-state index contributed by atoms with van der Waals surface area (Å²) in [7, 11) is 0. The molecule has 0 saturated carbocycles. The van der Waals surface area contributed by atoms with Crippen LogP contribution in [0.5, 0.6) is 0 Å². The Morgan fingerprint density at radius 1 is 1.20 bits per heavy atom. The standard InChI is InChI=1S/C14H21N/c1-5-15(6-2)14(12(3)4)13-10-8-7-9-11-13/h7-11,14H,3,5-6H2,1-2,4H3. The van der Waals surface area contributed by atoms with Crippen molar-refractivity contribution in [2.45, 2.75) is 26.8 Å². The molecule has 0 aromatic heterocycles. The van der Waals surface area contributed by atoms with E-state index in [-0.39, 0.29) is 0 Å². The molecular formula is C14H21N. The molecule has 0 fully saturated rings. The van der Waals surface area contributed by atoms with Gasteiger partial charge in [-0.15, -0.1) is 0 Å². The minimum Gasteiger partial charge on any atom is -0.293 e. The molecule has 0 aliphatic heterocycles. The Morgan fingerprint density at radius 2 is 1.73 bits per heavy atom. The fourth-order valence-electron chi connectivity index (χ4n) is 2.03. The third-order valence-corrected chi connectivity index (χ3v) is 2.76. The lowest BCUT2D eigenvalue weighted by atomic mass is 9.99. The van der Waals surface area contributed by atoms with E-state index in [1.54, 1.807) is 0 Å². The van der Waals surface area contributed by atoms with Crippen LogP contribution in [0.4, 0.5) is 0 Å². The molecule has 0 aliphatic rings. The third-order valence-electron chi connectivity index (χ3n) is 2.76. The van der Waals surface area contributed by atoms with E-state index in [1.165, 1.54) is 11.1 Å². The lowest BCUT2D eigenvalue weighted by Gasteiger charge is -2.30. The Kier molecular flexibility index (Phi) is 4.57. The molecule has 1 unspecified atom stereocenters. The maximum absolute atomic E-state index is 4.11. The lowest BCUT2D eigenvalue weighted by Crippen LogP contribution is -2.28. The first kappa shape index (κ1) is 12.0. The largest absolute Gasteiger partial charge is 0.293 e. The van der Waals surface area contributed by atoms with Gasteiger partial charge in [-0.3, -0.25) is 4.90 Å². The second kappa shape index (κ2) is 5.72. The van der Waals surface area contributed by atoms with Gasteiger partial charge in [0.15, 0.2) is 0 Å². The molecule has 1 rings (SSSR count). The number of hydrogen-bond acceptors (Lipinski definition) is 1. The van der Waals surface area contributed by atoms with Crippen molar-refractivity contribution in [3.8, 4) is 0 Å². The number of benzene rings is 1. The molecule has 0 saturated heterocycles. The zero-order chi connectivity index (χ0) is 11.3. The first-order valence-electron chi connectivity index (χ1n) is 5.65. The van der Waals surface area contributed by atoms with Gasteiger partial charge in [0.2, 0.25) is 0 Å². The van der Waals surface area contributed by atoms with Gasteiger partial charge in [-0.25, -0.2) is 0 Å². The highest BCUT2D eigenvalue weighted by Gasteiger charge is 2.17. The van der Waals surface area contributed by atoms with Gasteiger partial charge in [-0.05, 0) is 25.6 Å². The molecule has 0 bridgehead atoms. The van der Waals surface area contributed by atoms with Crippen molar-refractivity contribution >= 4 is 0 Å². The molecule has 0 radical (unpaired) electrons. The van der Waals surface area contributed by atoms with Crippen molar-refractivity contribution in [1.29, 1.82) is 0 Å². The number of rotatable bonds is 5. The van der Waals surface area contributed by atoms with E-state index in [1.807, 2.05) is 0 Å². The summed E-state index contributed by atoms with van der Waals surface area (Å²) in [6.45, 7) is 12.7. The van der Waals surface area contributed by atoms with Crippen LogP contribution in [0.15, 0.2) is 42.5 Å². The highest BCUT2D eigenvalue weighted by Crippen LogP contribution is 2.26. The summed E-state index contributed by atoms with van der Waals surface area (Å²) in [6, 6.07) is 11.0. The van der Waals surface area contributed by atoms with Crippen LogP contribution in [0, 0.1) is 0 Å². The smallest absolute Gasteiger partial charge is 0.0555 e. The fourth-order valence-corrected chi connectivity index (χ4v) is 2.03. The Hall–Kier alpha value is -1.08. The summed E-state index contributed by atoms with van der Waals surface area (Å²) >= 11 is 0. The van der Waals surface area contributed by atoms with Crippen molar-refractivity contribution in [2.24, 2.45) is 0 Å². The minimum atomic E-state index is 0.362. The molecule has 1 nitrogen and oxygen atoms in total. The van der Waals surface area contributed by atoms with Gasteiger partial charge in [0.1, 0.15) is 0 Å². The molecule has 0 amide bonds. The summed E-state index contributed by atoms with van der Waals surface area (Å²) in [5.74, 6) is 0. The molecular weight excluding hydrogens is 182 g/mol. The van der Waals surface area contributed by atoms with Gasteiger partial charge in [0, 0.05) is 0 Å². The normalized spacial score (nSPS) is 12.8. The van der Waals surface area contributed by atoms with Crippen LogP contribution in [0.2, 0.25) is 0 Å².